The highest BCUT2D eigenvalue weighted by atomic mass is 16.5. The number of aliphatic hydroxyl groups excluding tert-OH is 1. The maximum absolute atomic E-state index is 9.89. The number of nitrogens with zero attached hydrogens (tertiary/aromatic N) is 3. The maximum Gasteiger partial charge on any atom is 0.146 e. The van der Waals surface area contributed by atoms with Gasteiger partial charge in [0.1, 0.15) is 12.4 Å². The van der Waals surface area contributed by atoms with Gasteiger partial charge in [-0.2, -0.15) is 10.5 Å². The summed E-state index contributed by atoms with van der Waals surface area (Å²) in [4.78, 5) is 4.67. The van der Waals surface area contributed by atoms with Crippen LogP contribution < -0.4 is 10.5 Å². The number of nitrogen functional groups attached to an aromatic ring is 1. The molecule has 0 spiro atoms. The van der Waals surface area contributed by atoms with Gasteiger partial charge in [-0.1, -0.05) is 30.3 Å². The first-order chi connectivity index (χ1) is 15.6. The molecule has 0 bridgehead atoms. The molecule has 1 aromatic heterocycles. The van der Waals surface area contributed by atoms with Crippen molar-refractivity contribution in [3.63, 3.8) is 0 Å². The molecule has 1 heterocycles. The van der Waals surface area contributed by atoms with Crippen molar-refractivity contribution in [2.75, 3.05) is 5.73 Å². The molecule has 1 fully saturated rings. The Morgan fingerprint density at radius 3 is 2.25 bits per heavy atom. The van der Waals surface area contributed by atoms with Crippen molar-refractivity contribution >= 4 is 5.69 Å². The molecule has 3 aromatic rings. The van der Waals surface area contributed by atoms with E-state index in [1.54, 1.807) is 12.1 Å². The minimum Gasteiger partial charge on any atom is -0.487 e. The van der Waals surface area contributed by atoms with E-state index < -0.39 is 0 Å². The molecule has 1 saturated carbocycles. The first-order valence-corrected chi connectivity index (χ1v) is 10.5. The van der Waals surface area contributed by atoms with Gasteiger partial charge in [-0.05, 0) is 55.2 Å². The lowest BCUT2D eigenvalue weighted by Gasteiger charge is -2.18. The fraction of sp³-hybridized carbons (Fsp3) is 0.269. The van der Waals surface area contributed by atoms with E-state index in [1.807, 2.05) is 49.4 Å². The molecule has 0 atom stereocenters. The van der Waals surface area contributed by atoms with Crippen molar-refractivity contribution < 1.29 is 9.84 Å². The van der Waals surface area contributed by atoms with Gasteiger partial charge in [-0.15, -0.1) is 0 Å². The summed E-state index contributed by atoms with van der Waals surface area (Å²) in [6.45, 7) is 2.01. The Kier molecular flexibility index (Phi) is 7.80. The quantitative estimate of drug-likeness (QED) is 0.559. The first kappa shape index (κ1) is 22.8. The number of benzene rings is 2. The molecule has 0 amide bonds. The lowest BCUT2D eigenvalue weighted by Crippen LogP contribution is -2.09. The van der Waals surface area contributed by atoms with Crippen LogP contribution in [0.25, 0.3) is 0 Å². The number of aromatic nitrogens is 1. The summed E-state index contributed by atoms with van der Waals surface area (Å²) in [5.74, 6) is 0.960. The van der Waals surface area contributed by atoms with Crippen molar-refractivity contribution in [3.8, 4) is 17.9 Å². The number of anilines is 1. The lowest BCUT2D eigenvalue weighted by molar-refractivity contribution is 0.255. The molecular formula is C26H26N4O2. The lowest BCUT2D eigenvalue weighted by atomic mass is 9.99. The van der Waals surface area contributed by atoms with Gasteiger partial charge in [0.05, 0.1) is 36.4 Å². The van der Waals surface area contributed by atoms with Crippen molar-refractivity contribution in [1.29, 1.82) is 10.5 Å². The molecular weight excluding hydrogens is 400 g/mol. The Hall–Kier alpha value is -3.87. The van der Waals surface area contributed by atoms with Crippen LogP contribution in [-0.4, -0.2) is 10.1 Å². The molecule has 4 rings (SSSR count). The number of rotatable bonds is 6. The van der Waals surface area contributed by atoms with E-state index >= 15 is 0 Å². The van der Waals surface area contributed by atoms with Gasteiger partial charge in [0, 0.05) is 22.9 Å². The Morgan fingerprint density at radius 1 is 1.06 bits per heavy atom. The summed E-state index contributed by atoms with van der Waals surface area (Å²) in [6.07, 6.45) is 2.39. The number of hydrogen-bond acceptors (Lipinski definition) is 6. The zero-order valence-corrected chi connectivity index (χ0v) is 18.1. The van der Waals surface area contributed by atoms with Crippen LogP contribution in [0.2, 0.25) is 0 Å². The van der Waals surface area contributed by atoms with Crippen LogP contribution in [-0.2, 0) is 19.6 Å². The van der Waals surface area contributed by atoms with E-state index in [9.17, 15) is 5.11 Å². The van der Waals surface area contributed by atoms with E-state index in [0.29, 0.717) is 29.4 Å². The number of nitrogens with two attached hydrogens (primary N) is 1. The minimum atomic E-state index is -0.178. The average Bonchev–Trinajstić information content (AvgIpc) is 3.66. The van der Waals surface area contributed by atoms with Gasteiger partial charge in [0.25, 0.3) is 0 Å². The van der Waals surface area contributed by atoms with Crippen LogP contribution in [0.1, 0.15) is 52.4 Å². The molecule has 32 heavy (non-hydrogen) atoms. The third-order valence-corrected chi connectivity index (χ3v) is 5.21. The number of ether oxygens (including phenoxy) is 1. The van der Waals surface area contributed by atoms with Gasteiger partial charge in [0.2, 0.25) is 0 Å². The molecule has 0 saturated heterocycles. The first-order valence-electron chi connectivity index (χ1n) is 10.5. The van der Waals surface area contributed by atoms with E-state index in [0.717, 1.165) is 41.0 Å². The predicted octanol–water partition coefficient (Wildman–Crippen LogP) is 4.55. The number of nitriles is 2. The number of aryl methyl sites for hydroxylation is 1. The van der Waals surface area contributed by atoms with Crippen LogP contribution in [0.3, 0.4) is 0 Å². The Labute approximate surface area is 188 Å². The SMILES string of the molecule is Cc1nc(C2CC2)c(CC#N)c(CO)c1OCc1ccc(C#N)cc1.Nc1ccccc1. The van der Waals surface area contributed by atoms with Gasteiger partial charge >= 0.3 is 0 Å². The van der Waals surface area contributed by atoms with Crippen LogP contribution >= 0.6 is 0 Å². The molecule has 1 aliphatic carbocycles. The fourth-order valence-corrected chi connectivity index (χ4v) is 3.42. The van der Waals surface area contributed by atoms with Crippen LogP contribution in [0, 0.1) is 29.6 Å². The summed E-state index contributed by atoms with van der Waals surface area (Å²) in [6, 6.07) is 20.9. The fourth-order valence-electron chi connectivity index (χ4n) is 3.42. The highest BCUT2D eigenvalue weighted by Crippen LogP contribution is 2.43. The zero-order valence-electron chi connectivity index (χ0n) is 18.1. The van der Waals surface area contributed by atoms with E-state index in [4.69, 9.17) is 21.0 Å². The molecule has 162 valence electrons. The third kappa shape index (κ3) is 5.85. The molecule has 3 N–H and O–H groups in total. The smallest absolute Gasteiger partial charge is 0.146 e. The average molecular weight is 427 g/mol. The third-order valence-electron chi connectivity index (χ3n) is 5.21. The standard InChI is InChI=1S/C20H19N3O2.C6H7N/c1-13-20(25-12-15-4-2-14(10-22)3-5-15)18(11-24)17(8-9-21)19(23-13)16-6-7-16;7-6-4-2-1-3-5-6/h2-5,16,24H,6-8,11-12H2,1H3;1-5H,7H2. The second-order valence-electron chi connectivity index (χ2n) is 7.64. The van der Waals surface area contributed by atoms with Crippen molar-refractivity contribution in [2.24, 2.45) is 0 Å². The number of hydrogen-bond donors (Lipinski definition) is 2. The van der Waals surface area contributed by atoms with E-state index in [-0.39, 0.29) is 13.0 Å². The summed E-state index contributed by atoms with van der Waals surface area (Å²) in [5, 5.41) is 27.9. The number of pyridine rings is 1. The van der Waals surface area contributed by atoms with Crippen molar-refractivity contribution in [2.45, 2.75) is 45.3 Å². The van der Waals surface area contributed by atoms with Gasteiger partial charge < -0.3 is 15.6 Å². The highest BCUT2D eigenvalue weighted by Gasteiger charge is 2.30. The minimum absolute atomic E-state index is 0.178. The second kappa shape index (κ2) is 10.9. The monoisotopic (exact) mass is 426 g/mol. The van der Waals surface area contributed by atoms with Crippen LogP contribution in [0.4, 0.5) is 5.69 Å². The maximum atomic E-state index is 9.89. The summed E-state index contributed by atoms with van der Waals surface area (Å²) in [7, 11) is 0. The Balaban J connectivity index is 0.000000352. The van der Waals surface area contributed by atoms with Gasteiger partial charge in [-0.3, -0.25) is 4.98 Å². The number of aliphatic hydroxyl groups is 1. The van der Waals surface area contributed by atoms with Gasteiger partial charge in [0.15, 0.2) is 0 Å². The molecule has 0 aliphatic heterocycles. The molecule has 0 unspecified atom stereocenters. The second-order valence-corrected chi connectivity index (χ2v) is 7.64. The molecule has 6 nitrogen and oxygen atoms in total. The highest BCUT2D eigenvalue weighted by molar-refractivity contribution is 5.48. The van der Waals surface area contributed by atoms with E-state index in [1.165, 1.54) is 0 Å². The summed E-state index contributed by atoms with van der Waals surface area (Å²) in [5.41, 5.74) is 10.9. The summed E-state index contributed by atoms with van der Waals surface area (Å²) >= 11 is 0. The zero-order chi connectivity index (χ0) is 22.9. The normalized spacial score (nSPS) is 12.1. The van der Waals surface area contributed by atoms with Crippen molar-refractivity contribution in [3.05, 3.63) is 88.2 Å². The van der Waals surface area contributed by atoms with E-state index in [2.05, 4.69) is 17.1 Å². The molecule has 6 heteroatoms. The molecule has 0 radical (unpaired) electrons. The summed E-state index contributed by atoms with van der Waals surface area (Å²) < 4.78 is 5.95. The van der Waals surface area contributed by atoms with Gasteiger partial charge in [-0.25, -0.2) is 0 Å². The Morgan fingerprint density at radius 2 is 1.75 bits per heavy atom. The predicted molar refractivity (Wildman–Crippen MR) is 123 cm³/mol. The largest absolute Gasteiger partial charge is 0.487 e. The Bertz CT molecular complexity index is 1130. The number of para-hydroxylation sites is 1. The molecule has 1 aliphatic rings. The van der Waals surface area contributed by atoms with Crippen LogP contribution in [0.15, 0.2) is 54.6 Å². The van der Waals surface area contributed by atoms with Crippen molar-refractivity contribution in [1.82, 2.24) is 4.98 Å². The molecule has 2 aromatic carbocycles. The van der Waals surface area contributed by atoms with Crippen LogP contribution in [0.5, 0.6) is 5.75 Å². The topological polar surface area (TPSA) is 116 Å².